The van der Waals surface area contributed by atoms with Crippen LogP contribution in [0, 0.1) is 0 Å². The van der Waals surface area contributed by atoms with Gasteiger partial charge in [-0.15, -0.1) is 0 Å². The van der Waals surface area contributed by atoms with Gasteiger partial charge in [-0.25, -0.2) is 0 Å². The van der Waals surface area contributed by atoms with Crippen molar-refractivity contribution in [3.63, 3.8) is 0 Å². The molecule has 0 amide bonds. The van der Waals surface area contributed by atoms with Crippen LogP contribution in [0.4, 0.5) is 0 Å². The SMILES string of the molecule is CCCNC(C)/C(C)=C/c1cccc(O)c1. The van der Waals surface area contributed by atoms with Crippen LogP contribution in [0.2, 0.25) is 0 Å². The fraction of sp³-hybridized carbons (Fsp3) is 0.429. The number of benzene rings is 1. The maximum atomic E-state index is 9.36. The highest BCUT2D eigenvalue weighted by atomic mass is 16.3. The van der Waals surface area contributed by atoms with Crippen molar-refractivity contribution in [1.29, 1.82) is 0 Å². The average molecular weight is 219 g/mol. The molecule has 1 aromatic rings. The normalized spacial score (nSPS) is 13.8. The van der Waals surface area contributed by atoms with Crippen LogP contribution in [0.1, 0.15) is 32.8 Å². The van der Waals surface area contributed by atoms with E-state index in [-0.39, 0.29) is 0 Å². The first kappa shape index (κ1) is 12.8. The molecule has 0 fully saturated rings. The van der Waals surface area contributed by atoms with E-state index in [1.807, 2.05) is 12.1 Å². The summed E-state index contributed by atoms with van der Waals surface area (Å²) in [6, 6.07) is 7.69. The highest BCUT2D eigenvalue weighted by Crippen LogP contribution is 2.15. The zero-order valence-corrected chi connectivity index (χ0v) is 10.3. The Kier molecular flexibility index (Phi) is 5.06. The molecule has 0 radical (unpaired) electrons. The van der Waals surface area contributed by atoms with Gasteiger partial charge in [0.2, 0.25) is 0 Å². The Labute approximate surface area is 98.0 Å². The van der Waals surface area contributed by atoms with Gasteiger partial charge in [-0.1, -0.05) is 30.7 Å². The maximum absolute atomic E-state index is 9.36. The fourth-order valence-electron chi connectivity index (χ4n) is 1.52. The highest BCUT2D eigenvalue weighted by molar-refractivity contribution is 5.55. The number of phenolic OH excluding ortho intramolecular Hbond substituents is 1. The van der Waals surface area contributed by atoms with E-state index < -0.39 is 0 Å². The topological polar surface area (TPSA) is 32.3 Å². The standard InChI is InChI=1S/C14H21NO/c1-4-8-15-12(3)11(2)9-13-6-5-7-14(16)10-13/h5-7,9-10,12,15-16H,4,8H2,1-3H3/b11-9+. The summed E-state index contributed by atoms with van der Waals surface area (Å²) in [6.45, 7) is 7.46. The van der Waals surface area contributed by atoms with Crippen LogP contribution in [0.3, 0.4) is 0 Å². The molecule has 0 aromatic heterocycles. The predicted molar refractivity (Wildman–Crippen MR) is 69.5 cm³/mol. The van der Waals surface area contributed by atoms with E-state index in [2.05, 4.69) is 32.2 Å². The first-order chi connectivity index (χ1) is 7.63. The Morgan fingerprint density at radius 1 is 1.50 bits per heavy atom. The monoisotopic (exact) mass is 219 g/mol. The van der Waals surface area contributed by atoms with Crippen molar-refractivity contribution in [1.82, 2.24) is 5.32 Å². The maximum Gasteiger partial charge on any atom is 0.116 e. The second kappa shape index (κ2) is 6.33. The van der Waals surface area contributed by atoms with Crippen LogP contribution >= 0.6 is 0 Å². The van der Waals surface area contributed by atoms with Crippen LogP contribution in [0.25, 0.3) is 6.08 Å². The number of hydrogen-bond acceptors (Lipinski definition) is 2. The summed E-state index contributed by atoms with van der Waals surface area (Å²) in [7, 11) is 0. The Hall–Kier alpha value is -1.28. The van der Waals surface area contributed by atoms with Crippen molar-refractivity contribution in [2.75, 3.05) is 6.54 Å². The van der Waals surface area contributed by atoms with Crippen LogP contribution in [0.5, 0.6) is 5.75 Å². The second-order valence-corrected chi connectivity index (χ2v) is 4.16. The van der Waals surface area contributed by atoms with Crippen molar-refractivity contribution < 1.29 is 5.11 Å². The number of aromatic hydroxyl groups is 1. The molecule has 0 saturated carbocycles. The summed E-state index contributed by atoms with van der Waals surface area (Å²) in [5.41, 5.74) is 2.32. The minimum Gasteiger partial charge on any atom is -0.508 e. The van der Waals surface area contributed by atoms with E-state index in [4.69, 9.17) is 0 Å². The van der Waals surface area contributed by atoms with Gasteiger partial charge in [0.15, 0.2) is 0 Å². The Balaban J connectivity index is 2.68. The van der Waals surface area contributed by atoms with Crippen molar-refractivity contribution in [2.45, 2.75) is 33.2 Å². The molecule has 0 aliphatic rings. The summed E-state index contributed by atoms with van der Waals surface area (Å²) in [5, 5.41) is 12.8. The van der Waals surface area contributed by atoms with E-state index >= 15 is 0 Å². The summed E-state index contributed by atoms with van der Waals surface area (Å²) in [6.07, 6.45) is 3.25. The minimum absolute atomic E-state index is 0.315. The number of nitrogens with one attached hydrogen (secondary N) is 1. The highest BCUT2D eigenvalue weighted by Gasteiger charge is 2.02. The molecular formula is C14H21NO. The lowest BCUT2D eigenvalue weighted by Crippen LogP contribution is -2.27. The molecule has 0 saturated heterocycles. The molecule has 1 unspecified atom stereocenters. The average Bonchev–Trinajstić information content (AvgIpc) is 2.25. The number of rotatable bonds is 5. The van der Waals surface area contributed by atoms with Crippen molar-refractivity contribution >= 4 is 6.08 Å². The van der Waals surface area contributed by atoms with Gasteiger partial charge in [0.05, 0.1) is 0 Å². The largest absolute Gasteiger partial charge is 0.508 e. The predicted octanol–water partition coefficient (Wildman–Crippen LogP) is 3.18. The first-order valence-corrected chi connectivity index (χ1v) is 5.84. The molecule has 0 aliphatic heterocycles. The van der Waals surface area contributed by atoms with Crippen molar-refractivity contribution in [2.24, 2.45) is 0 Å². The van der Waals surface area contributed by atoms with Crippen LogP contribution in [0.15, 0.2) is 29.8 Å². The zero-order chi connectivity index (χ0) is 12.0. The molecular weight excluding hydrogens is 198 g/mol. The molecule has 1 aromatic carbocycles. The van der Waals surface area contributed by atoms with Crippen molar-refractivity contribution in [3.05, 3.63) is 35.4 Å². The Bertz CT molecular complexity index is 358. The number of phenols is 1. The molecule has 1 rings (SSSR count). The Morgan fingerprint density at radius 3 is 2.88 bits per heavy atom. The molecule has 2 N–H and O–H groups in total. The molecule has 2 heteroatoms. The molecule has 0 aliphatic carbocycles. The van der Waals surface area contributed by atoms with Crippen molar-refractivity contribution in [3.8, 4) is 5.75 Å². The second-order valence-electron chi connectivity index (χ2n) is 4.16. The number of hydrogen-bond donors (Lipinski definition) is 2. The molecule has 0 spiro atoms. The Morgan fingerprint density at radius 2 is 2.25 bits per heavy atom. The molecule has 16 heavy (non-hydrogen) atoms. The van der Waals surface area contributed by atoms with E-state index in [0.29, 0.717) is 11.8 Å². The molecule has 2 nitrogen and oxygen atoms in total. The molecule has 1 atom stereocenters. The van der Waals surface area contributed by atoms with Crippen LogP contribution in [-0.2, 0) is 0 Å². The van der Waals surface area contributed by atoms with E-state index in [0.717, 1.165) is 18.5 Å². The summed E-state index contributed by atoms with van der Waals surface area (Å²) < 4.78 is 0. The van der Waals surface area contributed by atoms with Gasteiger partial charge in [-0.2, -0.15) is 0 Å². The summed E-state index contributed by atoms with van der Waals surface area (Å²) in [5.74, 6) is 0.315. The molecule has 0 heterocycles. The lowest BCUT2D eigenvalue weighted by atomic mass is 10.1. The van der Waals surface area contributed by atoms with Gasteiger partial charge in [0, 0.05) is 6.04 Å². The third-order valence-corrected chi connectivity index (χ3v) is 2.65. The summed E-state index contributed by atoms with van der Waals surface area (Å²) in [4.78, 5) is 0. The molecule has 88 valence electrons. The third kappa shape index (κ3) is 4.07. The smallest absolute Gasteiger partial charge is 0.116 e. The van der Waals surface area contributed by atoms with Gasteiger partial charge in [0.1, 0.15) is 5.75 Å². The first-order valence-electron chi connectivity index (χ1n) is 5.84. The van der Waals surface area contributed by atoms with Gasteiger partial charge >= 0.3 is 0 Å². The van der Waals surface area contributed by atoms with Crippen LogP contribution in [-0.4, -0.2) is 17.7 Å². The lowest BCUT2D eigenvalue weighted by Gasteiger charge is -2.14. The minimum atomic E-state index is 0.315. The zero-order valence-electron chi connectivity index (χ0n) is 10.3. The van der Waals surface area contributed by atoms with Gasteiger partial charge in [-0.3, -0.25) is 0 Å². The van der Waals surface area contributed by atoms with E-state index in [1.54, 1.807) is 12.1 Å². The van der Waals surface area contributed by atoms with Crippen LogP contribution < -0.4 is 5.32 Å². The summed E-state index contributed by atoms with van der Waals surface area (Å²) >= 11 is 0. The molecule has 0 bridgehead atoms. The van der Waals surface area contributed by atoms with Gasteiger partial charge in [0.25, 0.3) is 0 Å². The lowest BCUT2D eigenvalue weighted by molar-refractivity contribution is 0.475. The fourth-order valence-corrected chi connectivity index (χ4v) is 1.52. The third-order valence-electron chi connectivity index (χ3n) is 2.65. The quantitative estimate of drug-likeness (QED) is 0.797. The van der Waals surface area contributed by atoms with Gasteiger partial charge in [-0.05, 0) is 44.5 Å². The van der Waals surface area contributed by atoms with E-state index in [1.165, 1.54) is 5.57 Å². The van der Waals surface area contributed by atoms with Gasteiger partial charge < -0.3 is 10.4 Å². The van der Waals surface area contributed by atoms with E-state index in [9.17, 15) is 5.11 Å².